The highest BCUT2D eigenvalue weighted by atomic mass is 32.2. The van der Waals surface area contributed by atoms with E-state index in [2.05, 4.69) is 4.72 Å². The van der Waals surface area contributed by atoms with Gasteiger partial charge in [0, 0.05) is 6.54 Å². The molecule has 0 amide bonds. The molecule has 0 bridgehead atoms. The molecule has 0 aliphatic carbocycles. The van der Waals surface area contributed by atoms with Crippen LogP contribution < -0.4 is 14.6 Å². The predicted octanol–water partition coefficient (Wildman–Crippen LogP) is -0.348. The molecule has 3 N–H and O–H groups in total. The number of hydrogen-bond donors (Lipinski definition) is 2. The Morgan fingerprint density at radius 2 is 1.74 bits per heavy atom. The maximum atomic E-state index is 11.8. The second-order valence-corrected chi connectivity index (χ2v) is 7.29. The van der Waals surface area contributed by atoms with Crippen LogP contribution in [-0.2, 0) is 20.0 Å². The maximum absolute atomic E-state index is 11.8. The van der Waals surface area contributed by atoms with Gasteiger partial charge in [-0.15, -0.1) is 0 Å². The molecule has 1 aromatic rings. The van der Waals surface area contributed by atoms with Crippen molar-refractivity contribution in [2.45, 2.75) is 11.3 Å². The lowest BCUT2D eigenvalue weighted by Gasteiger charge is -2.07. The van der Waals surface area contributed by atoms with Gasteiger partial charge in [-0.1, -0.05) is 0 Å². The number of benzene rings is 1. The summed E-state index contributed by atoms with van der Waals surface area (Å²) in [5, 5.41) is 4.81. The first-order chi connectivity index (χ1) is 8.74. The number of ether oxygens (including phenoxy) is 1. The van der Waals surface area contributed by atoms with E-state index in [4.69, 9.17) is 9.88 Å². The number of primary sulfonamides is 1. The lowest BCUT2D eigenvalue weighted by Crippen LogP contribution is -2.27. The van der Waals surface area contributed by atoms with E-state index in [-0.39, 0.29) is 23.6 Å². The molecule has 1 aromatic carbocycles. The van der Waals surface area contributed by atoms with Crippen LogP contribution in [0, 0.1) is 0 Å². The first-order valence-corrected chi connectivity index (χ1v) is 8.59. The van der Waals surface area contributed by atoms with E-state index in [1.165, 1.54) is 31.4 Å². The molecule has 0 heterocycles. The molecule has 7 nitrogen and oxygen atoms in total. The quantitative estimate of drug-likeness (QED) is 0.668. The summed E-state index contributed by atoms with van der Waals surface area (Å²) in [6.07, 6.45) is 0.119. The van der Waals surface area contributed by atoms with Crippen LogP contribution in [0.1, 0.15) is 6.42 Å². The van der Waals surface area contributed by atoms with Crippen molar-refractivity contribution in [1.29, 1.82) is 0 Å². The molecule has 108 valence electrons. The molecule has 0 radical (unpaired) electrons. The molecular formula is C10H16N2O5S2. The van der Waals surface area contributed by atoms with Crippen LogP contribution in [0.3, 0.4) is 0 Å². The highest BCUT2D eigenvalue weighted by molar-refractivity contribution is 7.89. The van der Waals surface area contributed by atoms with Crippen molar-refractivity contribution < 1.29 is 21.6 Å². The summed E-state index contributed by atoms with van der Waals surface area (Å²) in [5.41, 5.74) is 0. The average molecular weight is 308 g/mol. The molecule has 0 aromatic heterocycles. The fourth-order valence-electron chi connectivity index (χ4n) is 1.32. The molecule has 0 spiro atoms. The van der Waals surface area contributed by atoms with Gasteiger partial charge in [0.2, 0.25) is 20.0 Å². The highest BCUT2D eigenvalue weighted by Crippen LogP contribution is 2.15. The van der Waals surface area contributed by atoms with Crippen LogP contribution in [0.4, 0.5) is 0 Å². The number of methoxy groups -OCH3 is 1. The van der Waals surface area contributed by atoms with Crippen molar-refractivity contribution in [3.63, 3.8) is 0 Å². The number of nitrogens with two attached hydrogens (primary N) is 1. The number of hydrogen-bond acceptors (Lipinski definition) is 5. The van der Waals surface area contributed by atoms with Gasteiger partial charge in [0.05, 0.1) is 17.8 Å². The van der Waals surface area contributed by atoms with E-state index in [0.717, 1.165) is 0 Å². The number of nitrogens with one attached hydrogen (secondary N) is 1. The minimum absolute atomic E-state index is 0.00475. The van der Waals surface area contributed by atoms with E-state index in [0.29, 0.717) is 5.75 Å². The predicted molar refractivity (Wildman–Crippen MR) is 70.8 cm³/mol. The van der Waals surface area contributed by atoms with E-state index >= 15 is 0 Å². The van der Waals surface area contributed by atoms with Crippen LogP contribution in [0.2, 0.25) is 0 Å². The molecule has 0 aliphatic heterocycles. The first-order valence-electron chi connectivity index (χ1n) is 5.39. The summed E-state index contributed by atoms with van der Waals surface area (Å²) in [5.74, 6) is 0.283. The second-order valence-electron chi connectivity index (χ2n) is 3.79. The Morgan fingerprint density at radius 3 is 2.21 bits per heavy atom. The van der Waals surface area contributed by atoms with Gasteiger partial charge in [0.15, 0.2) is 0 Å². The molecule has 0 saturated heterocycles. The summed E-state index contributed by atoms with van der Waals surface area (Å²) in [6.45, 7) is 0.00475. The van der Waals surface area contributed by atoms with E-state index in [9.17, 15) is 16.8 Å². The molecule has 0 unspecified atom stereocenters. The van der Waals surface area contributed by atoms with Crippen LogP contribution >= 0.6 is 0 Å². The molecule has 19 heavy (non-hydrogen) atoms. The van der Waals surface area contributed by atoms with Crippen molar-refractivity contribution in [3.05, 3.63) is 24.3 Å². The second kappa shape index (κ2) is 6.33. The third kappa shape index (κ3) is 5.55. The molecular weight excluding hydrogens is 292 g/mol. The van der Waals surface area contributed by atoms with Gasteiger partial charge in [0.1, 0.15) is 5.75 Å². The minimum atomic E-state index is -3.64. The minimum Gasteiger partial charge on any atom is -0.497 e. The Bertz CT molecular complexity index is 608. The van der Waals surface area contributed by atoms with Gasteiger partial charge in [-0.05, 0) is 30.7 Å². The molecule has 1 rings (SSSR count). The van der Waals surface area contributed by atoms with Gasteiger partial charge in [-0.2, -0.15) is 0 Å². The zero-order chi connectivity index (χ0) is 14.5. The van der Waals surface area contributed by atoms with Crippen molar-refractivity contribution in [1.82, 2.24) is 4.72 Å². The smallest absolute Gasteiger partial charge is 0.240 e. The largest absolute Gasteiger partial charge is 0.497 e. The third-order valence-electron chi connectivity index (χ3n) is 2.27. The Morgan fingerprint density at radius 1 is 1.16 bits per heavy atom. The Kier molecular flexibility index (Phi) is 5.29. The zero-order valence-corrected chi connectivity index (χ0v) is 12.0. The van der Waals surface area contributed by atoms with Gasteiger partial charge in [-0.25, -0.2) is 26.7 Å². The van der Waals surface area contributed by atoms with Crippen molar-refractivity contribution in [3.8, 4) is 5.75 Å². The van der Waals surface area contributed by atoms with E-state index < -0.39 is 20.0 Å². The fraction of sp³-hybridized carbons (Fsp3) is 0.400. The third-order valence-corrected chi connectivity index (χ3v) is 4.60. The molecule has 9 heteroatoms. The lowest BCUT2D eigenvalue weighted by atomic mass is 10.3. The van der Waals surface area contributed by atoms with Crippen molar-refractivity contribution in [2.75, 3.05) is 19.4 Å². The normalized spacial score (nSPS) is 12.3. The topological polar surface area (TPSA) is 116 Å². The first kappa shape index (κ1) is 15.9. The highest BCUT2D eigenvalue weighted by Gasteiger charge is 2.13. The monoisotopic (exact) mass is 308 g/mol. The van der Waals surface area contributed by atoms with Crippen molar-refractivity contribution >= 4 is 20.0 Å². The molecule has 0 fully saturated rings. The number of sulfonamides is 2. The Hall–Kier alpha value is -1.16. The summed E-state index contributed by atoms with van der Waals surface area (Å²) in [4.78, 5) is 0.0869. The van der Waals surface area contributed by atoms with Gasteiger partial charge in [0.25, 0.3) is 0 Å². The average Bonchev–Trinajstić information content (AvgIpc) is 2.34. The standard InChI is InChI=1S/C10H16N2O5S2/c1-17-9-3-5-10(6-4-9)19(15,16)12-7-2-8-18(11,13)14/h3-6,12H,2,7-8H2,1H3,(H2,11,13,14). The Balaban J connectivity index is 2.60. The van der Waals surface area contributed by atoms with E-state index in [1.807, 2.05) is 0 Å². The van der Waals surface area contributed by atoms with E-state index in [1.54, 1.807) is 0 Å². The van der Waals surface area contributed by atoms with Gasteiger partial charge < -0.3 is 4.74 Å². The summed E-state index contributed by atoms with van der Waals surface area (Å²) in [6, 6.07) is 5.86. The lowest BCUT2D eigenvalue weighted by molar-refractivity contribution is 0.414. The summed E-state index contributed by atoms with van der Waals surface area (Å²) < 4.78 is 52.2. The Labute approximate surface area is 112 Å². The van der Waals surface area contributed by atoms with Crippen LogP contribution in [0.25, 0.3) is 0 Å². The van der Waals surface area contributed by atoms with Crippen molar-refractivity contribution in [2.24, 2.45) is 5.14 Å². The fourth-order valence-corrected chi connectivity index (χ4v) is 2.94. The maximum Gasteiger partial charge on any atom is 0.240 e. The zero-order valence-electron chi connectivity index (χ0n) is 10.4. The number of rotatable bonds is 7. The molecule has 0 aliphatic rings. The van der Waals surface area contributed by atoms with Crippen LogP contribution in [0.15, 0.2) is 29.2 Å². The summed E-state index contributed by atoms with van der Waals surface area (Å²) in [7, 11) is -5.73. The van der Waals surface area contributed by atoms with Crippen LogP contribution in [0.5, 0.6) is 5.75 Å². The molecule has 0 atom stereocenters. The summed E-state index contributed by atoms with van der Waals surface area (Å²) >= 11 is 0. The van der Waals surface area contributed by atoms with Gasteiger partial charge >= 0.3 is 0 Å². The van der Waals surface area contributed by atoms with Gasteiger partial charge in [-0.3, -0.25) is 0 Å². The molecule has 0 saturated carbocycles. The SMILES string of the molecule is COc1ccc(S(=O)(=O)NCCCS(N)(=O)=O)cc1. The van der Waals surface area contributed by atoms with Crippen LogP contribution in [-0.4, -0.2) is 36.2 Å².